The van der Waals surface area contributed by atoms with Gasteiger partial charge in [-0.1, -0.05) is 17.7 Å². The highest BCUT2D eigenvalue weighted by atomic mass is 35.5. The Morgan fingerprint density at radius 1 is 1.37 bits per heavy atom. The summed E-state index contributed by atoms with van der Waals surface area (Å²) in [6.45, 7) is 6.19. The largest absolute Gasteiger partial charge is 0.308 e. The first-order valence-electron chi connectivity index (χ1n) is 6.38. The van der Waals surface area contributed by atoms with Gasteiger partial charge < -0.3 is 5.32 Å². The Morgan fingerprint density at radius 3 is 2.68 bits per heavy atom. The Hall–Kier alpha value is -1.39. The van der Waals surface area contributed by atoms with Crippen molar-refractivity contribution >= 4 is 11.6 Å². The molecule has 1 unspecified atom stereocenters. The molecule has 0 saturated carbocycles. The van der Waals surface area contributed by atoms with Crippen LogP contribution >= 0.6 is 11.6 Å². The summed E-state index contributed by atoms with van der Waals surface area (Å²) in [5.74, 6) is 0. The molecular weight excluding hydrogens is 260 g/mol. The Morgan fingerprint density at radius 2 is 2.11 bits per heavy atom. The Balaban J connectivity index is 2.55. The molecule has 0 bridgehead atoms. The van der Waals surface area contributed by atoms with Crippen LogP contribution in [0.3, 0.4) is 0 Å². The molecule has 1 N–H and O–H groups in total. The van der Waals surface area contributed by atoms with E-state index in [-0.39, 0.29) is 12.1 Å². The van der Waals surface area contributed by atoms with E-state index in [0.717, 1.165) is 17.0 Å². The highest BCUT2D eigenvalue weighted by Crippen LogP contribution is 2.30. The number of hydrogen-bond acceptors (Lipinski definition) is 3. The molecule has 2 heterocycles. The van der Waals surface area contributed by atoms with E-state index >= 15 is 0 Å². The van der Waals surface area contributed by atoms with Crippen LogP contribution in [0.5, 0.6) is 0 Å². The fourth-order valence-electron chi connectivity index (χ4n) is 2.27. The van der Waals surface area contributed by atoms with Gasteiger partial charge in [0, 0.05) is 17.9 Å². The number of halogens is 1. The topological polar surface area (TPSA) is 42.7 Å². The summed E-state index contributed by atoms with van der Waals surface area (Å²) in [4.78, 5) is 4.35. The lowest BCUT2D eigenvalue weighted by molar-refractivity contribution is 0.483. The normalized spacial score (nSPS) is 12.9. The van der Waals surface area contributed by atoms with Gasteiger partial charge in [0.05, 0.1) is 23.0 Å². The number of aromatic nitrogens is 3. The highest BCUT2D eigenvalue weighted by molar-refractivity contribution is 6.31. The fourth-order valence-corrected chi connectivity index (χ4v) is 2.51. The van der Waals surface area contributed by atoms with Gasteiger partial charge in [0.1, 0.15) is 0 Å². The molecule has 0 amide bonds. The van der Waals surface area contributed by atoms with Crippen molar-refractivity contribution in [2.45, 2.75) is 32.9 Å². The second kappa shape index (κ2) is 5.72. The molecule has 0 aromatic carbocycles. The van der Waals surface area contributed by atoms with E-state index in [4.69, 9.17) is 11.6 Å². The van der Waals surface area contributed by atoms with Crippen LogP contribution < -0.4 is 5.32 Å². The summed E-state index contributed by atoms with van der Waals surface area (Å²) >= 11 is 6.32. The second-order valence-electron chi connectivity index (χ2n) is 4.82. The van der Waals surface area contributed by atoms with Crippen LogP contribution in [0, 0.1) is 6.92 Å². The molecule has 102 valence electrons. The molecule has 0 aliphatic carbocycles. The zero-order chi connectivity index (χ0) is 14.0. The molecule has 0 fully saturated rings. The van der Waals surface area contributed by atoms with E-state index in [1.807, 2.05) is 24.7 Å². The van der Waals surface area contributed by atoms with Crippen LogP contribution in [-0.4, -0.2) is 21.8 Å². The third-order valence-electron chi connectivity index (χ3n) is 3.20. The van der Waals surface area contributed by atoms with Gasteiger partial charge >= 0.3 is 0 Å². The summed E-state index contributed by atoms with van der Waals surface area (Å²) in [6, 6.07) is 4.26. The number of nitrogens with one attached hydrogen (secondary N) is 1. The Kier molecular flexibility index (Phi) is 4.22. The van der Waals surface area contributed by atoms with Crippen molar-refractivity contribution < 1.29 is 0 Å². The van der Waals surface area contributed by atoms with Gasteiger partial charge in [-0.2, -0.15) is 5.10 Å². The summed E-state index contributed by atoms with van der Waals surface area (Å²) in [5, 5.41) is 8.35. The molecule has 4 nitrogen and oxygen atoms in total. The maximum Gasteiger partial charge on any atom is 0.0837 e. The van der Waals surface area contributed by atoms with Crippen LogP contribution in [0.1, 0.15) is 42.9 Å². The first-order valence-corrected chi connectivity index (χ1v) is 6.75. The maximum absolute atomic E-state index is 6.32. The van der Waals surface area contributed by atoms with E-state index < -0.39 is 0 Å². The van der Waals surface area contributed by atoms with E-state index in [0.29, 0.717) is 5.02 Å². The average Bonchev–Trinajstić information content (AvgIpc) is 2.75. The first-order chi connectivity index (χ1) is 9.06. The van der Waals surface area contributed by atoms with E-state index in [1.165, 1.54) is 0 Å². The monoisotopic (exact) mass is 278 g/mol. The third-order valence-corrected chi connectivity index (χ3v) is 3.49. The van der Waals surface area contributed by atoms with Gasteiger partial charge in [-0.3, -0.25) is 9.67 Å². The fraction of sp³-hybridized carbons (Fsp3) is 0.429. The molecule has 2 rings (SSSR count). The van der Waals surface area contributed by atoms with Crippen molar-refractivity contribution in [1.29, 1.82) is 0 Å². The van der Waals surface area contributed by atoms with Crippen molar-refractivity contribution in [2.24, 2.45) is 0 Å². The molecule has 5 heteroatoms. The van der Waals surface area contributed by atoms with Crippen molar-refractivity contribution in [2.75, 3.05) is 7.05 Å². The number of nitrogens with zero attached hydrogens (tertiary/aromatic N) is 3. The minimum Gasteiger partial charge on any atom is -0.308 e. The van der Waals surface area contributed by atoms with Crippen LogP contribution in [-0.2, 0) is 0 Å². The zero-order valence-corrected chi connectivity index (χ0v) is 12.4. The molecule has 1 atom stereocenters. The molecule has 2 aromatic rings. The van der Waals surface area contributed by atoms with Gasteiger partial charge in [-0.05, 0) is 39.4 Å². The predicted molar refractivity (Wildman–Crippen MR) is 77.5 cm³/mol. The number of hydrogen-bond donors (Lipinski definition) is 1. The minimum absolute atomic E-state index is 0.00824. The lowest BCUT2D eigenvalue weighted by atomic mass is 10.0. The van der Waals surface area contributed by atoms with Crippen LogP contribution in [0.2, 0.25) is 5.02 Å². The van der Waals surface area contributed by atoms with E-state index in [1.54, 1.807) is 12.4 Å². The summed E-state index contributed by atoms with van der Waals surface area (Å²) in [7, 11) is 1.92. The lowest BCUT2D eigenvalue weighted by Crippen LogP contribution is -2.23. The quantitative estimate of drug-likeness (QED) is 0.934. The summed E-state index contributed by atoms with van der Waals surface area (Å²) < 4.78 is 1.95. The average molecular weight is 279 g/mol. The van der Waals surface area contributed by atoms with Crippen molar-refractivity contribution in [1.82, 2.24) is 20.1 Å². The minimum atomic E-state index is -0.00824. The van der Waals surface area contributed by atoms with Crippen LogP contribution in [0.4, 0.5) is 0 Å². The number of aryl methyl sites for hydroxylation is 1. The van der Waals surface area contributed by atoms with Crippen LogP contribution in [0.15, 0.2) is 24.5 Å². The van der Waals surface area contributed by atoms with Gasteiger partial charge in [-0.25, -0.2) is 0 Å². The standard InChI is InChI=1S/C14H19ClN4/c1-9(2)19-14(12(15)8-18-19)13(16-4)11-6-5-7-17-10(11)3/h5-9,13,16H,1-4H3. The molecule has 0 aliphatic rings. The SMILES string of the molecule is CNC(c1cccnc1C)c1c(Cl)cnn1C(C)C. The predicted octanol–water partition coefficient (Wildman–Crippen LogP) is 3.13. The zero-order valence-electron chi connectivity index (χ0n) is 11.7. The van der Waals surface area contributed by atoms with Gasteiger partial charge in [0.2, 0.25) is 0 Å². The summed E-state index contributed by atoms with van der Waals surface area (Å²) in [6.07, 6.45) is 3.50. The molecular formula is C14H19ClN4. The summed E-state index contributed by atoms with van der Waals surface area (Å²) in [5.41, 5.74) is 3.10. The molecule has 0 saturated heterocycles. The van der Waals surface area contributed by atoms with Crippen molar-refractivity contribution in [3.05, 3.63) is 46.5 Å². The Labute approximate surface area is 118 Å². The maximum atomic E-state index is 6.32. The smallest absolute Gasteiger partial charge is 0.0837 e. The number of pyridine rings is 1. The second-order valence-corrected chi connectivity index (χ2v) is 5.22. The van der Waals surface area contributed by atoms with Gasteiger partial charge in [-0.15, -0.1) is 0 Å². The Bertz CT molecular complexity index is 562. The van der Waals surface area contributed by atoms with E-state index in [2.05, 4.69) is 35.3 Å². The van der Waals surface area contributed by atoms with Crippen LogP contribution in [0.25, 0.3) is 0 Å². The third kappa shape index (κ3) is 2.65. The number of rotatable bonds is 4. The molecule has 0 aliphatic heterocycles. The van der Waals surface area contributed by atoms with Crippen molar-refractivity contribution in [3.63, 3.8) is 0 Å². The molecule has 2 aromatic heterocycles. The first kappa shape index (κ1) is 14.0. The van der Waals surface area contributed by atoms with Crippen molar-refractivity contribution in [3.8, 4) is 0 Å². The van der Waals surface area contributed by atoms with Gasteiger partial charge in [0.25, 0.3) is 0 Å². The van der Waals surface area contributed by atoms with Gasteiger partial charge in [0.15, 0.2) is 0 Å². The molecule has 0 radical (unpaired) electrons. The molecule has 0 spiro atoms. The lowest BCUT2D eigenvalue weighted by Gasteiger charge is -2.22. The molecule has 19 heavy (non-hydrogen) atoms. The van der Waals surface area contributed by atoms with E-state index in [9.17, 15) is 0 Å². The highest BCUT2D eigenvalue weighted by Gasteiger charge is 2.23.